The number of hydrogen-bond donors (Lipinski definition) is 3. The molecule has 0 bridgehead atoms. The summed E-state index contributed by atoms with van der Waals surface area (Å²) >= 11 is 5.74. The zero-order chi connectivity index (χ0) is 12.4. The molecule has 0 spiro atoms. The minimum Gasteiger partial charge on any atom is -0.465 e. The monoisotopic (exact) mass is 256 g/mol. The molecule has 4 N–H and O–H groups in total. The molecule has 0 aromatic carbocycles. The fourth-order valence-corrected chi connectivity index (χ4v) is 1.99. The fraction of sp³-hybridized carbons (Fsp3) is 0.400. The van der Waals surface area contributed by atoms with Crippen LogP contribution >= 0.6 is 11.6 Å². The summed E-state index contributed by atoms with van der Waals surface area (Å²) in [5, 5.41) is 12.4. The van der Waals surface area contributed by atoms with Gasteiger partial charge in [-0.25, -0.2) is 9.78 Å². The predicted molar refractivity (Wildman–Crippen MR) is 65.3 cm³/mol. The van der Waals surface area contributed by atoms with Gasteiger partial charge in [0, 0.05) is 25.3 Å². The van der Waals surface area contributed by atoms with Crippen LogP contribution in [-0.4, -0.2) is 40.2 Å². The number of hydrogen-bond acceptors (Lipinski definition) is 4. The number of amides is 1. The average Bonchev–Trinajstić information content (AvgIpc) is 2.71. The number of nitrogens with zero attached hydrogens (tertiary/aromatic N) is 2. The molecule has 6 nitrogen and oxygen atoms in total. The zero-order valence-corrected chi connectivity index (χ0v) is 9.81. The second-order valence-corrected chi connectivity index (χ2v) is 4.39. The smallest absolute Gasteiger partial charge is 0.407 e. The van der Waals surface area contributed by atoms with Crippen LogP contribution in [0.4, 0.5) is 16.3 Å². The van der Waals surface area contributed by atoms with E-state index < -0.39 is 6.09 Å². The number of rotatable bonds is 2. The Morgan fingerprint density at radius 1 is 1.71 bits per heavy atom. The lowest BCUT2D eigenvalue weighted by Gasteiger charge is -2.15. The molecule has 1 amide bonds. The van der Waals surface area contributed by atoms with Gasteiger partial charge in [-0.15, -0.1) is 0 Å². The summed E-state index contributed by atoms with van der Waals surface area (Å²) in [7, 11) is 0. The van der Waals surface area contributed by atoms with Crippen LogP contribution in [0.25, 0.3) is 0 Å². The van der Waals surface area contributed by atoms with E-state index in [4.69, 9.17) is 22.4 Å². The van der Waals surface area contributed by atoms with Crippen molar-refractivity contribution in [2.45, 2.75) is 12.5 Å². The number of nitrogen functional groups attached to an aromatic ring is 1. The average molecular weight is 257 g/mol. The molecule has 2 rings (SSSR count). The fourth-order valence-electron chi connectivity index (χ4n) is 1.82. The molecule has 1 aliphatic heterocycles. The van der Waals surface area contributed by atoms with Crippen LogP contribution in [0.2, 0.25) is 5.02 Å². The minimum atomic E-state index is -0.897. The number of aromatic nitrogens is 1. The Morgan fingerprint density at radius 3 is 3.06 bits per heavy atom. The molecule has 1 saturated heterocycles. The molecule has 7 heteroatoms. The molecule has 1 unspecified atom stereocenters. The van der Waals surface area contributed by atoms with Crippen LogP contribution in [0.1, 0.15) is 6.42 Å². The molecule has 1 atom stereocenters. The van der Waals surface area contributed by atoms with Gasteiger partial charge in [0.25, 0.3) is 0 Å². The zero-order valence-electron chi connectivity index (χ0n) is 9.06. The van der Waals surface area contributed by atoms with Crippen LogP contribution < -0.4 is 11.1 Å². The van der Waals surface area contributed by atoms with E-state index in [1.54, 1.807) is 6.07 Å². The molecule has 1 aromatic heterocycles. The van der Waals surface area contributed by atoms with Crippen LogP contribution in [0, 0.1) is 0 Å². The Hall–Kier alpha value is -1.69. The number of anilines is 2. The van der Waals surface area contributed by atoms with E-state index in [-0.39, 0.29) is 6.04 Å². The van der Waals surface area contributed by atoms with Gasteiger partial charge in [-0.2, -0.15) is 0 Å². The minimum absolute atomic E-state index is 0.0436. The molecule has 1 fully saturated rings. The highest BCUT2D eigenvalue weighted by molar-refractivity contribution is 6.30. The van der Waals surface area contributed by atoms with E-state index in [0.717, 1.165) is 6.42 Å². The summed E-state index contributed by atoms with van der Waals surface area (Å²) in [5.41, 5.74) is 6.22. The van der Waals surface area contributed by atoms with Crippen molar-refractivity contribution in [1.82, 2.24) is 9.88 Å². The maximum absolute atomic E-state index is 10.8. The predicted octanol–water partition coefficient (Wildman–Crippen LogP) is 1.48. The van der Waals surface area contributed by atoms with E-state index in [2.05, 4.69) is 10.3 Å². The largest absolute Gasteiger partial charge is 0.465 e. The van der Waals surface area contributed by atoms with Crippen LogP contribution in [0.5, 0.6) is 0 Å². The lowest BCUT2D eigenvalue weighted by atomic mass is 10.2. The number of likely N-dealkylation sites (tertiary alicyclic amines) is 1. The number of halogens is 1. The maximum Gasteiger partial charge on any atom is 0.407 e. The van der Waals surface area contributed by atoms with Gasteiger partial charge in [0.05, 0.1) is 10.7 Å². The van der Waals surface area contributed by atoms with Gasteiger partial charge < -0.3 is 21.1 Å². The first kappa shape index (κ1) is 11.8. The van der Waals surface area contributed by atoms with Crippen LogP contribution in [0.15, 0.2) is 12.3 Å². The van der Waals surface area contributed by atoms with Crippen molar-refractivity contribution in [1.29, 1.82) is 0 Å². The lowest BCUT2D eigenvalue weighted by molar-refractivity contribution is 0.155. The first-order valence-electron chi connectivity index (χ1n) is 5.21. The summed E-state index contributed by atoms with van der Waals surface area (Å²) in [6.07, 6.45) is 1.35. The Kier molecular flexibility index (Phi) is 3.23. The number of nitrogens with one attached hydrogen (secondary N) is 1. The summed E-state index contributed by atoms with van der Waals surface area (Å²) in [6.45, 7) is 0.972. The van der Waals surface area contributed by atoms with Crippen molar-refractivity contribution in [3.8, 4) is 0 Å². The van der Waals surface area contributed by atoms with Gasteiger partial charge in [-0.1, -0.05) is 11.6 Å². The third-order valence-corrected chi connectivity index (χ3v) is 2.89. The van der Waals surface area contributed by atoms with Crippen molar-refractivity contribution < 1.29 is 9.90 Å². The van der Waals surface area contributed by atoms with E-state index in [0.29, 0.717) is 29.6 Å². The first-order chi connectivity index (χ1) is 8.06. The Balaban J connectivity index is 2.00. The molecule has 0 radical (unpaired) electrons. The van der Waals surface area contributed by atoms with Gasteiger partial charge in [0.1, 0.15) is 5.82 Å². The highest BCUT2D eigenvalue weighted by Gasteiger charge is 2.26. The SMILES string of the molecule is Nc1cc(Cl)cnc1NC1CCN(C(=O)O)C1. The summed E-state index contributed by atoms with van der Waals surface area (Å²) in [6, 6.07) is 1.66. The number of carbonyl (C=O) groups is 1. The molecule has 1 aliphatic rings. The molecule has 0 saturated carbocycles. The number of nitrogens with two attached hydrogens (primary N) is 1. The van der Waals surface area contributed by atoms with Gasteiger partial charge in [0.2, 0.25) is 0 Å². The second-order valence-electron chi connectivity index (χ2n) is 3.95. The Morgan fingerprint density at radius 2 is 2.47 bits per heavy atom. The number of pyridine rings is 1. The lowest BCUT2D eigenvalue weighted by Crippen LogP contribution is -2.30. The summed E-state index contributed by atoms with van der Waals surface area (Å²) in [4.78, 5) is 16.2. The van der Waals surface area contributed by atoms with Crippen molar-refractivity contribution in [3.05, 3.63) is 17.3 Å². The van der Waals surface area contributed by atoms with Gasteiger partial charge >= 0.3 is 6.09 Å². The first-order valence-corrected chi connectivity index (χ1v) is 5.59. The van der Waals surface area contributed by atoms with E-state index >= 15 is 0 Å². The Labute approximate surface area is 103 Å². The Bertz CT molecular complexity index is 440. The van der Waals surface area contributed by atoms with Gasteiger partial charge in [-0.05, 0) is 12.5 Å². The standard InChI is InChI=1S/C10H13ClN4O2/c11-6-3-8(12)9(13-4-6)14-7-1-2-15(5-7)10(16)17/h3-4,7H,1-2,5,12H2,(H,13,14)(H,16,17). The summed E-state index contributed by atoms with van der Waals surface area (Å²) < 4.78 is 0. The van der Waals surface area contributed by atoms with Crippen molar-refractivity contribution in [2.75, 3.05) is 24.1 Å². The van der Waals surface area contributed by atoms with Gasteiger partial charge in [-0.3, -0.25) is 0 Å². The van der Waals surface area contributed by atoms with Crippen molar-refractivity contribution in [2.24, 2.45) is 0 Å². The van der Waals surface area contributed by atoms with Crippen LogP contribution in [-0.2, 0) is 0 Å². The topological polar surface area (TPSA) is 91.5 Å². The molecule has 1 aromatic rings. The van der Waals surface area contributed by atoms with Gasteiger partial charge in [0.15, 0.2) is 0 Å². The van der Waals surface area contributed by atoms with E-state index in [9.17, 15) is 4.79 Å². The molecule has 2 heterocycles. The molecular weight excluding hydrogens is 244 g/mol. The summed E-state index contributed by atoms with van der Waals surface area (Å²) in [5.74, 6) is 0.548. The number of carboxylic acid groups (broad SMARTS) is 1. The third-order valence-electron chi connectivity index (χ3n) is 2.68. The molecule has 92 valence electrons. The third kappa shape index (κ3) is 2.71. The highest BCUT2D eigenvalue weighted by atomic mass is 35.5. The van der Waals surface area contributed by atoms with E-state index in [1.807, 2.05) is 0 Å². The van der Waals surface area contributed by atoms with Crippen molar-refractivity contribution >= 4 is 29.2 Å². The second kappa shape index (κ2) is 4.67. The quantitative estimate of drug-likeness (QED) is 0.746. The van der Waals surface area contributed by atoms with Crippen LogP contribution in [0.3, 0.4) is 0 Å². The van der Waals surface area contributed by atoms with E-state index in [1.165, 1.54) is 11.1 Å². The maximum atomic E-state index is 10.8. The molecular formula is C10H13ClN4O2. The molecule has 0 aliphatic carbocycles. The highest BCUT2D eigenvalue weighted by Crippen LogP contribution is 2.22. The normalized spacial score (nSPS) is 19.4. The molecule has 17 heavy (non-hydrogen) atoms. The van der Waals surface area contributed by atoms with Crippen molar-refractivity contribution in [3.63, 3.8) is 0 Å².